The van der Waals surface area contributed by atoms with E-state index in [0.717, 1.165) is 0 Å². The average molecular weight is 376 g/mol. The summed E-state index contributed by atoms with van der Waals surface area (Å²) in [5.74, 6) is -4.36. The molecule has 0 aliphatic carbocycles. The van der Waals surface area contributed by atoms with Gasteiger partial charge in [0.15, 0.2) is 5.69 Å². The Labute approximate surface area is 133 Å². The number of hydrogen-bond acceptors (Lipinski definition) is 6. The van der Waals surface area contributed by atoms with Crippen LogP contribution in [0.1, 0.15) is 11.5 Å². The number of primary amides is 1. The summed E-state index contributed by atoms with van der Waals surface area (Å²) >= 11 is 0.639. The minimum atomic E-state index is -5.29. The zero-order valence-corrected chi connectivity index (χ0v) is 12.0. The van der Waals surface area contributed by atoms with Crippen molar-refractivity contribution < 1.29 is 40.7 Å². The lowest BCUT2D eigenvalue weighted by Crippen LogP contribution is -2.38. The lowest BCUT2D eigenvalue weighted by molar-refractivity contribution is -0.152. The van der Waals surface area contributed by atoms with E-state index in [1.54, 1.807) is 0 Å². The number of thioether (sulfide) groups is 1. The van der Waals surface area contributed by atoms with E-state index in [0.29, 0.717) is 16.7 Å². The average Bonchev–Trinajstić information content (AvgIpc) is 2.76. The van der Waals surface area contributed by atoms with E-state index in [-0.39, 0.29) is 11.8 Å². The standard InChI is InChI=1S/C10H6F6N4O3S/c11-9(12,13)3-1-4(19-6(18-3)10(14,15)16)20-5(21)2-24-8(20)23-7(17)22/h1,8H,2H2,(H2,17,22). The molecule has 132 valence electrons. The van der Waals surface area contributed by atoms with E-state index in [1.165, 1.54) is 0 Å². The first-order chi connectivity index (χ1) is 10.9. The maximum Gasteiger partial charge on any atom is 0.451 e. The molecule has 0 saturated carbocycles. The highest BCUT2D eigenvalue weighted by molar-refractivity contribution is 8.01. The van der Waals surface area contributed by atoms with Gasteiger partial charge < -0.3 is 10.5 Å². The number of carbonyl (C=O) groups is 2. The van der Waals surface area contributed by atoms with Crippen LogP contribution in [0.4, 0.5) is 37.0 Å². The van der Waals surface area contributed by atoms with Gasteiger partial charge in [-0.15, -0.1) is 0 Å². The van der Waals surface area contributed by atoms with Gasteiger partial charge >= 0.3 is 18.4 Å². The van der Waals surface area contributed by atoms with E-state index < -0.39 is 47.2 Å². The van der Waals surface area contributed by atoms with Crippen LogP contribution in [0, 0.1) is 0 Å². The second-order valence-electron chi connectivity index (χ2n) is 4.25. The number of hydrogen-bond donors (Lipinski definition) is 1. The van der Waals surface area contributed by atoms with Crippen LogP contribution in [0.3, 0.4) is 0 Å². The second-order valence-corrected chi connectivity index (χ2v) is 5.27. The summed E-state index contributed by atoms with van der Waals surface area (Å²) in [6, 6.07) is 0.149. The molecule has 1 fully saturated rings. The molecule has 2 heterocycles. The van der Waals surface area contributed by atoms with E-state index >= 15 is 0 Å². The lowest BCUT2D eigenvalue weighted by atomic mass is 10.3. The van der Waals surface area contributed by atoms with Crippen molar-refractivity contribution in [3.05, 3.63) is 17.6 Å². The Morgan fingerprint density at radius 3 is 2.38 bits per heavy atom. The van der Waals surface area contributed by atoms with Crippen molar-refractivity contribution >= 4 is 29.6 Å². The van der Waals surface area contributed by atoms with Crippen LogP contribution < -0.4 is 10.6 Å². The molecule has 0 bridgehead atoms. The quantitative estimate of drug-likeness (QED) is 0.793. The number of ether oxygens (including phenoxy) is 1. The zero-order chi connectivity index (χ0) is 18.3. The van der Waals surface area contributed by atoms with Crippen molar-refractivity contribution in [3.8, 4) is 0 Å². The van der Waals surface area contributed by atoms with Crippen molar-refractivity contribution in [2.45, 2.75) is 17.9 Å². The molecule has 1 saturated heterocycles. The summed E-state index contributed by atoms with van der Waals surface area (Å²) in [4.78, 5) is 28.2. The van der Waals surface area contributed by atoms with Gasteiger partial charge in [0.2, 0.25) is 17.3 Å². The highest BCUT2D eigenvalue weighted by Gasteiger charge is 2.43. The fourth-order valence-electron chi connectivity index (χ4n) is 1.66. The molecule has 1 atom stereocenters. The molecule has 1 unspecified atom stereocenters. The SMILES string of the molecule is NC(=O)OC1SCC(=O)N1c1cc(C(F)(F)F)nc(C(F)(F)F)n1. The minimum absolute atomic E-state index is 0.149. The highest BCUT2D eigenvalue weighted by atomic mass is 32.2. The molecular weight excluding hydrogens is 370 g/mol. The van der Waals surface area contributed by atoms with Crippen LogP contribution in [-0.2, 0) is 21.9 Å². The molecule has 1 aliphatic rings. The number of amides is 2. The number of carbonyl (C=O) groups excluding carboxylic acids is 2. The summed E-state index contributed by atoms with van der Waals surface area (Å²) < 4.78 is 80.9. The summed E-state index contributed by atoms with van der Waals surface area (Å²) in [6.45, 7) is 0. The molecule has 0 spiro atoms. The van der Waals surface area contributed by atoms with Gasteiger partial charge in [-0.2, -0.15) is 26.3 Å². The first kappa shape index (κ1) is 18.1. The number of anilines is 1. The molecule has 0 aromatic carbocycles. The van der Waals surface area contributed by atoms with E-state index in [2.05, 4.69) is 14.7 Å². The molecule has 1 aromatic heterocycles. The molecule has 0 radical (unpaired) electrons. The Morgan fingerprint density at radius 1 is 1.25 bits per heavy atom. The molecule has 2 amide bonds. The number of rotatable bonds is 2. The van der Waals surface area contributed by atoms with Crippen LogP contribution in [0.25, 0.3) is 0 Å². The van der Waals surface area contributed by atoms with E-state index in [9.17, 15) is 35.9 Å². The van der Waals surface area contributed by atoms with Gasteiger partial charge in [-0.1, -0.05) is 11.8 Å². The molecule has 1 aliphatic heterocycles. The zero-order valence-electron chi connectivity index (χ0n) is 11.2. The topological polar surface area (TPSA) is 98.4 Å². The summed E-state index contributed by atoms with van der Waals surface area (Å²) in [5.41, 5.74) is 1.32. The third-order valence-corrected chi connectivity index (χ3v) is 3.56. The fourth-order valence-corrected chi connectivity index (χ4v) is 2.62. The lowest BCUT2D eigenvalue weighted by Gasteiger charge is -2.23. The van der Waals surface area contributed by atoms with Crippen LogP contribution >= 0.6 is 11.8 Å². The Kier molecular flexibility index (Phi) is 4.52. The number of halogens is 6. The molecule has 2 N–H and O–H groups in total. The van der Waals surface area contributed by atoms with Gasteiger partial charge in [-0.05, 0) is 0 Å². The van der Waals surface area contributed by atoms with Crippen LogP contribution in [0.2, 0.25) is 0 Å². The van der Waals surface area contributed by atoms with Gasteiger partial charge in [0.1, 0.15) is 5.82 Å². The summed E-state index contributed by atoms with van der Waals surface area (Å²) in [5, 5.41) is 0. The Bertz CT molecular complexity index is 647. The smallest absolute Gasteiger partial charge is 0.415 e. The largest absolute Gasteiger partial charge is 0.451 e. The van der Waals surface area contributed by atoms with Gasteiger partial charge in [0, 0.05) is 6.07 Å². The third kappa shape index (κ3) is 3.80. The van der Waals surface area contributed by atoms with E-state index in [4.69, 9.17) is 5.73 Å². The van der Waals surface area contributed by atoms with Crippen molar-refractivity contribution in [2.75, 3.05) is 10.7 Å². The molecule has 1 aromatic rings. The van der Waals surface area contributed by atoms with Crippen LogP contribution in [0.5, 0.6) is 0 Å². The van der Waals surface area contributed by atoms with Crippen LogP contribution in [0.15, 0.2) is 6.07 Å². The molecule has 14 heteroatoms. The fraction of sp³-hybridized carbons (Fsp3) is 0.400. The highest BCUT2D eigenvalue weighted by Crippen LogP contribution is 2.37. The Morgan fingerprint density at radius 2 is 1.88 bits per heavy atom. The van der Waals surface area contributed by atoms with Gasteiger partial charge in [-0.25, -0.2) is 19.7 Å². The maximum absolute atomic E-state index is 12.8. The predicted molar refractivity (Wildman–Crippen MR) is 66.4 cm³/mol. The summed E-state index contributed by atoms with van der Waals surface area (Å²) in [7, 11) is 0. The first-order valence-electron chi connectivity index (χ1n) is 5.83. The third-order valence-electron chi connectivity index (χ3n) is 2.55. The van der Waals surface area contributed by atoms with Crippen LogP contribution in [-0.4, -0.2) is 33.3 Å². The molecule has 24 heavy (non-hydrogen) atoms. The van der Waals surface area contributed by atoms with Crippen molar-refractivity contribution in [3.63, 3.8) is 0 Å². The first-order valence-corrected chi connectivity index (χ1v) is 6.87. The normalized spacial score (nSPS) is 18.8. The Balaban J connectivity index is 2.55. The molecule has 2 rings (SSSR count). The minimum Gasteiger partial charge on any atom is -0.415 e. The van der Waals surface area contributed by atoms with Gasteiger partial charge in [0.25, 0.3) is 0 Å². The van der Waals surface area contributed by atoms with Crippen molar-refractivity contribution in [2.24, 2.45) is 5.73 Å². The number of nitrogens with two attached hydrogens (primary N) is 1. The van der Waals surface area contributed by atoms with Crippen molar-refractivity contribution in [1.82, 2.24) is 9.97 Å². The maximum atomic E-state index is 12.8. The molecular formula is C10H6F6N4O3S. The molecule has 7 nitrogen and oxygen atoms in total. The summed E-state index contributed by atoms with van der Waals surface area (Å²) in [6.07, 6.45) is -11.9. The Hall–Kier alpha value is -2.25. The number of aromatic nitrogens is 2. The predicted octanol–water partition coefficient (Wildman–Crippen LogP) is 1.97. The van der Waals surface area contributed by atoms with E-state index in [1.807, 2.05) is 0 Å². The van der Waals surface area contributed by atoms with Gasteiger partial charge in [-0.3, -0.25) is 4.79 Å². The number of nitrogens with zero attached hydrogens (tertiary/aromatic N) is 3. The number of alkyl halides is 6. The second kappa shape index (κ2) is 5.99. The van der Waals surface area contributed by atoms with Crippen molar-refractivity contribution in [1.29, 1.82) is 0 Å². The van der Waals surface area contributed by atoms with Gasteiger partial charge in [0.05, 0.1) is 5.75 Å². The monoisotopic (exact) mass is 376 g/mol.